The first-order valence-corrected chi connectivity index (χ1v) is 11.3. The van der Waals surface area contributed by atoms with E-state index >= 15 is 0 Å². The number of anilines is 1. The van der Waals surface area contributed by atoms with Crippen molar-refractivity contribution in [2.75, 3.05) is 11.9 Å². The molecule has 0 bridgehead atoms. The fourth-order valence-electron chi connectivity index (χ4n) is 4.97. The minimum absolute atomic E-state index is 0.106. The molecule has 5 rings (SSSR count). The first kappa shape index (κ1) is 19.9. The lowest BCUT2D eigenvalue weighted by Crippen LogP contribution is -2.30. The van der Waals surface area contributed by atoms with E-state index in [1.807, 2.05) is 12.3 Å². The zero-order valence-corrected chi connectivity index (χ0v) is 17.8. The molecule has 3 aromatic rings. The van der Waals surface area contributed by atoms with Gasteiger partial charge in [0.15, 0.2) is 0 Å². The van der Waals surface area contributed by atoms with Crippen LogP contribution < -0.4 is 5.32 Å². The third kappa shape index (κ3) is 4.54. The van der Waals surface area contributed by atoms with Crippen LogP contribution in [0.2, 0.25) is 0 Å². The molecule has 1 fully saturated rings. The van der Waals surface area contributed by atoms with Gasteiger partial charge in [-0.05, 0) is 54.7 Å². The number of aromatic amines is 1. The van der Waals surface area contributed by atoms with Crippen molar-refractivity contribution in [2.24, 2.45) is 0 Å². The topological polar surface area (TPSA) is 73.9 Å². The highest BCUT2D eigenvalue weighted by molar-refractivity contribution is 6.04. The Bertz CT molecular complexity index is 1040. The highest BCUT2D eigenvalue weighted by atomic mass is 16.1. The van der Waals surface area contributed by atoms with Crippen molar-refractivity contribution >= 4 is 11.6 Å². The van der Waals surface area contributed by atoms with Crippen LogP contribution in [0.1, 0.15) is 70.8 Å². The fraction of sp³-hybridized carbons (Fsp3) is 0.400. The van der Waals surface area contributed by atoms with Crippen molar-refractivity contribution in [3.63, 3.8) is 0 Å². The molecule has 1 amide bonds. The summed E-state index contributed by atoms with van der Waals surface area (Å²) in [6.07, 6.45) is 12.9. The van der Waals surface area contributed by atoms with Gasteiger partial charge in [0.2, 0.25) is 0 Å². The zero-order valence-electron chi connectivity index (χ0n) is 17.8. The molecule has 0 spiro atoms. The van der Waals surface area contributed by atoms with E-state index in [0.717, 1.165) is 31.7 Å². The molecular formula is C25H29N5O. The Hall–Kier alpha value is -2.99. The minimum Gasteiger partial charge on any atom is -0.322 e. The van der Waals surface area contributed by atoms with E-state index in [9.17, 15) is 4.79 Å². The predicted octanol–water partition coefficient (Wildman–Crippen LogP) is 4.66. The Morgan fingerprint density at radius 3 is 2.77 bits per heavy atom. The third-order valence-corrected chi connectivity index (χ3v) is 6.66. The van der Waals surface area contributed by atoms with Gasteiger partial charge in [0, 0.05) is 60.5 Å². The number of aromatic nitrogens is 3. The molecule has 1 aliphatic heterocycles. The number of carbonyl (C=O) groups excluding carboxylic acids is 1. The van der Waals surface area contributed by atoms with Crippen molar-refractivity contribution in [2.45, 2.75) is 57.5 Å². The van der Waals surface area contributed by atoms with E-state index in [2.05, 4.69) is 37.5 Å². The van der Waals surface area contributed by atoms with Crippen LogP contribution in [0.3, 0.4) is 0 Å². The molecule has 2 aliphatic rings. The van der Waals surface area contributed by atoms with Crippen LogP contribution in [0.15, 0.2) is 48.9 Å². The minimum atomic E-state index is -0.106. The van der Waals surface area contributed by atoms with Crippen molar-refractivity contribution < 1.29 is 4.79 Å². The van der Waals surface area contributed by atoms with E-state index in [1.54, 1.807) is 24.5 Å². The Morgan fingerprint density at radius 1 is 1.10 bits per heavy atom. The van der Waals surface area contributed by atoms with E-state index in [0.29, 0.717) is 11.5 Å². The number of amides is 1. The highest BCUT2D eigenvalue weighted by Crippen LogP contribution is 2.34. The molecule has 0 unspecified atom stereocenters. The maximum absolute atomic E-state index is 12.5. The summed E-state index contributed by atoms with van der Waals surface area (Å²) in [7, 11) is 0. The van der Waals surface area contributed by atoms with Crippen LogP contribution in [0.5, 0.6) is 0 Å². The molecule has 160 valence electrons. The molecular weight excluding hydrogens is 386 g/mol. The van der Waals surface area contributed by atoms with Gasteiger partial charge in [0.1, 0.15) is 0 Å². The van der Waals surface area contributed by atoms with E-state index in [1.165, 1.54) is 54.5 Å². The first-order valence-electron chi connectivity index (χ1n) is 11.3. The largest absolute Gasteiger partial charge is 0.322 e. The van der Waals surface area contributed by atoms with Gasteiger partial charge in [-0.25, -0.2) is 0 Å². The lowest BCUT2D eigenvalue weighted by atomic mass is 9.85. The maximum Gasteiger partial charge on any atom is 0.255 e. The quantitative estimate of drug-likeness (QED) is 0.635. The average Bonchev–Trinajstić information content (AvgIpc) is 3.28. The third-order valence-electron chi connectivity index (χ3n) is 6.66. The molecule has 1 aromatic carbocycles. The van der Waals surface area contributed by atoms with Crippen LogP contribution in [-0.2, 0) is 19.5 Å². The number of carbonyl (C=O) groups is 1. The molecule has 2 aromatic heterocycles. The smallest absolute Gasteiger partial charge is 0.255 e. The number of pyridine rings is 1. The lowest BCUT2D eigenvalue weighted by molar-refractivity contribution is 0.102. The van der Waals surface area contributed by atoms with Gasteiger partial charge in [-0.1, -0.05) is 25.3 Å². The van der Waals surface area contributed by atoms with Gasteiger partial charge < -0.3 is 5.32 Å². The summed E-state index contributed by atoms with van der Waals surface area (Å²) in [5, 5.41) is 10.7. The Kier molecular flexibility index (Phi) is 5.80. The number of rotatable bonds is 5. The van der Waals surface area contributed by atoms with Gasteiger partial charge in [0.25, 0.3) is 5.91 Å². The summed E-state index contributed by atoms with van der Waals surface area (Å²) in [5.41, 5.74) is 6.82. The molecule has 0 radical (unpaired) electrons. The number of nitrogens with zero attached hydrogens (tertiary/aromatic N) is 3. The maximum atomic E-state index is 12.5. The Balaban J connectivity index is 1.27. The Morgan fingerprint density at radius 2 is 1.94 bits per heavy atom. The normalized spacial score (nSPS) is 17.3. The second kappa shape index (κ2) is 9.02. The molecule has 6 heteroatoms. The number of fused-ring (bicyclic) bond motifs is 1. The van der Waals surface area contributed by atoms with Crippen molar-refractivity contribution in [3.05, 3.63) is 76.9 Å². The molecule has 0 saturated heterocycles. The average molecular weight is 416 g/mol. The van der Waals surface area contributed by atoms with E-state index in [-0.39, 0.29) is 5.91 Å². The summed E-state index contributed by atoms with van der Waals surface area (Å²) in [5.74, 6) is 0.531. The van der Waals surface area contributed by atoms with Crippen molar-refractivity contribution in [1.29, 1.82) is 0 Å². The van der Waals surface area contributed by atoms with Crippen LogP contribution in [0.4, 0.5) is 5.69 Å². The number of H-pyrrole nitrogens is 1. The summed E-state index contributed by atoms with van der Waals surface area (Å²) >= 11 is 0. The van der Waals surface area contributed by atoms with E-state index < -0.39 is 0 Å². The summed E-state index contributed by atoms with van der Waals surface area (Å²) in [4.78, 5) is 19.0. The summed E-state index contributed by atoms with van der Waals surface area (Å²) in [6, 6.07) is 9.73. The number of nitrogens with one attached hydrogen (secondary N) is 2. The van der Waals surface area contributed by atoms with Gasteiger partial charge in [-0.15, -0.1) is 0 Å². The molecule has 2 N–H and O–H groups in total. The SMILES string of the molecule is O=C(Nc1ccc2c(c1)CN(Cc1cn[nH]c1C1CCCCC1)CC2)c1ccncc1. The van der Waals surface area contributed by atoms with E-state index in [4.69, 9.17) is 0 Å². The second-order valence-corrected chi connectivity index (χ2v) is 8.78. The fourth-order valence-corrected chi connectivity index (χ4v) is 4.97. The zero-order chi connectivity index (χ0) is 21.0. The van der Waals surface area contributed by atoms with Crippen molar-refractivity contribution in [3.8, 4) is 0 Å². The van der Waals surface area contributed by atoms with Crippen molar-refractivity contribution in [1.82, 2.24) is 20.1 Å². The van der Waals surface area contributed by atoms with Crippen LogP contribution in [0.25, 0.3) is 0 Å². The summed E-state index contributed by atoms with van der Waals surface area (Å²) in [6.45, 7) is 2.87. The van der Waals surface area contributed by atoms with Gasteiger partial charge in [-0.2, -0.15) is 5.10 Å². The monoisotopic (exact) mass is 415 g/mol. The predicted molar refractivity (Wildman–Crippen MR) is 121 cm³/mol. The number of benzene rings is 1. The van der Waals surface area contributed by atoms with Crippen LogP contribution >= 0.6 is 0 Å². The molecule has 1 saturated carbocycles. The second-order valence-electron chi connectivity index (χ2n) is 8.78. The molecule has 0 atom stereocenters. The van der Waals surface area contributed by atoms with Gasteiger partial charge in [-0.3, -0.25) is 19.8 Å². The lowest BCUT2D eigenvalue weighted by Gasteiger charge is -2.30. The van der Waals surface area contributed by atoms with Crippen LogP contribution in [0, 0.1) is 0 Å². The molecule has 31 heavy (non-hydrogen) atoms. The van der Waals surface area contributed by atoms with Gasteiger partial charge >= 0.3 is 0 Å². The molecule has 6 nitrogen and oxygen atoms in total. The molecule has 1 aliphatic carbocycles. The number of hydrogen-bond donors (Lipinski definition) is 2. The van der Waals surface area contributed by atoms with Crippen LogP contribution in [-0.4, -0.2) is 32.5 Å². The molecule has 3 heterocycles. The Labute approximate surface area is 183 Å². The first-order chi connectivity index (χ1) is 15.3. The highest BCUT2D eigenvalue weighted by Gasteiger charge is 2.23. The van der Waals surface area contributed by atoms with Gasteiger partial charge in [0.05, 0.1) is 6.20 Å². The number of hydrogen-bond acceptors (Lipinski definition) is 4. The summed E-state index contributed by atoms with van der Waals surface area (Å²) < 4.78 is 0. The standard InChI is InChI=1S/C25H29N5O/c31-25(20-8-11-26-12-9-20)28-23-7-6-18-10-13-30(16-21(18)14-23)17-22-15-27-29-24(22)19-4-2-1-3-5-19/h6-9,11-12,14-15,19H,1-5,10,13,16-17H2,(H,27,29)(H,28,31).